The zero-order valence-corrected chi connectivity index (χ0v) is 10.3. The molecule has 1 rings (SSSR count). The number of rotatable bonds is 6. The van der Waals surface area contributed by atoms with Crippen LogP contribution >= 0.6 is 11.6 Å². The molecule has 6 heteroatoms. The van der Waals surface area contributed by atoms with Crippen molar-refractivity contribution < 1.29 is 9.90 Å². The summed E-state index contributed by atoms with van der Waals surface area (Å²) in [6.07, 6.45) is 4.29. The molecule has 0 aliphatic carbocycles. The first-order valence-corrected chi connectivity index (χ1v) is 5.69. The highest BCUT2D eigenvalue weighted by molar-refractivity contribution is 6.31. The van der Waals surface area contributed by atoms with Crippen LogP contribution in [0.5, 0.6) is 0 Å². The van der Waals surface area contributed by atoms with Gasteiger partial charge >= 0.3 is 5.97 Å². The Hall–Kier alpha value is -1.97. The fraction of sp³-hybridized carbons (Fsp3) is 0.250. The molecule has 18 heavy (non-hydrogen) atoms. The molecule has 0 aromatic heterocycles. The largest absolute Gasteiger partial charge is 0.481 e. The van der Waals surface area contributed by atoms with E-state index < -0.39 is 5.97 Å². The molecule has 94 valence electrons. The Morgan fingerprint density at radius 1 is 1.56 bits per heavy atom. The minimum absolute atomic E-state index is 0.0836. The Labute approximate surface area is 109 Å². The fourth-order valence-corrected chi connectivity index (χ4v) is 1.63. The Morgan fingerprint density at radius 2 is 2.33 bits per heavy atom. The van der Waals surface area contributed by atoms with Crippen LogP contribution in [0.3, 0.4) is 0 Å². The average molecular weight is 266 g/mol. The maximum Gasteiger partial charge on any atom is 0.307 e. The SMILES string of the molecule is [N-]=[N+]=NCCC=Cc1ccc(CC(=O)O)c(Cl)c1. The lowest BCUT2D eigenvalue weighted by Gasteiger charge is -2.02. The van der Waals surface area contributed by atoms with E-state index in [0.717, 1.165) is 5.56 Å². The van der Waals surface area contributed by atoms with Gasteiger partial charge in [-0.05, 0) is 29.1 Å². The summed E-state index contributed by atoms with van der Waals surface area (Å²) in [6.45, 7) is 0.415. The first-order valence-electron chi connectivity index (χ1n) is 5.31. The zero-order chi connectivity index (χ0) is 13.4. The van der Waals surface area contributed by atoms with Gasteiger partial charge in [0.15, 0.2) is 0 Å². The van der Waals surface area contributed by atoms with Gasteiger partial charge in [0, 0.05) is 16.5 Å². The first kappa shape index (κ1) is 14.1. The second-order valence-electron chi connectivity index (χ2n) is 3.57. The number of azide groups is 1. The average Bonchev–Trinajstić information content (AvgIpc) is 2.32. The summed E-state index contributed by atoms with van der Waals surface area (Å²) in [6, 6.07) is 5.21. The molecule has 1 aromatic rings. The van der Waals surface area contributed by atoms with Gasteiger partial charge in [0.1, 0.15) is 0 Å². The van der Waals surface area contributed by atoms with Crippen LogP contribution in [0.25, 0.3) is 16.5 Å². The van der Waals surface area contributed by atoms with Gasteiger partial charge in [-0.15, -0.1) is 0 Å². The van der Waals surface area contributed by atoms with E-state index in [9.17, 15) is 4.79 Å². The van der Waals surface area contributed by atoms with Crippen molar-refractivity contribution in [3.05, 3.63) is 50.9 Å². The number of carboxylic acids is 1. The summed E-state index contributed by atoms with van der Waals surface area (Å²) in [4.78, 5) is 13.2. The van der Waals surface area contributed by atoms with E-state index in [1.165, 1.54) is 0 Å². The Kier molecular flexibility index (Phi) is 5.77. The van der Waals surface area contributed by atoms with Crippen LogP contribution in [0.4, 0.5) is 0 Å². The Morgan fingerprint density at radius 3 is 2.94 bits per heavy atom. The van der Waals surface area contributed by atoms with Gasteiger partial charge in [0.25, 0.3) is 0 Å². The normalized spacial score (nSPS) is 10.3. The molecule has 5 nitrogen and oxygen atoms in total. The summed E-state index contributed by atoms with van der Waals surface area (Å²) < 4.78 is 0. The number of aliphatic carboxylic acids is 1. The summed E-state index contributed by atoms with van der Waals surface area (Å²) in [5.74, 6) is -0.908. The summed E-state index contributed by atoms with van der Waals surface area (Å²) in [5, 5.41) is 12.5. The number of halogens is 1. The van der Waals surface area contributed by atoms with E-state index in [-0.39, 0.29) is 6.42 Å². The maximum absolute atomic E-state index is 10.6. The summed E-state index contributed by atoms with van der Waals surface area (Å²) in [7, 11) is 0. The van der Waals surface area contributed by atoms with E-state index >= 15 is 0 Å². The van der Waals surface area contributed by atoms with Crippen LogP contribution in [-0.2, 0) is 11.2 Å². The van der Waals surface area contributed by atoms with Crippen LogP contribution in [0, 0.1) is 0 Å². The lowest BCUT2D eigenvalue weighted by atomic mass is 10.1. The van der Waals surface area contributed by atoms with Crippen molar-refractivity contribution in [1.29, 1.82) is 0 Å². The van der Waals surface area contributed by atoms with Crippen molar-refractivity contribution in [2.75, 3.05) is 6.54 Å². The highest BCUT2D eigenvalue weighted by atomic mass is 35.5. The van der Waals surface area contributed by atoms with Crippen LogP contribution in [0.15, 0.2) is 29.4 Å². The third-order valence-corrected chi connectivity index (χ3v) is 2.54. The summed E-state index contributed by atoms with van der Waals surface area (Å²) in [5.41, 5.74) is 9.57. The fourth-order valence-electron chi connectivity index (χ4n) is 1.37. The minimum Gasteiger partial charge on any atom is -0.481 e. The van der Waals surface area contributed by atoms with Crippen molar-refractivity contribution in [3.63, 3.8) is 0 Å². The van der Waals surface area contributed by atoms with Gasteiger partial charge in [-0.3, -0.25) is 4.79 Å². The maximum atomic E-state index is 10.6. The van der Waals surface area contributed by atoms with E-state index in [0.29, 0.717) is 23.6 Å². The van der Waals surface area contributed by atoms with Crippen molar-refractivity contribution in [3.8, 4) is 0 Å². The topological polar surface area (TPSA) is 86.1 Å². The number of nitrogens with zero attached hydrogens (tertiary/aromatic N) is 3. The Balaban J connectivity index is 2.66. The summed E-state index contributed by atoms with van der Waals surface area (Å²) >= 11 is 5.97. The van der Waals surface area contributed by atoms with E-state index in [4.69, 9.17) is 22.2 Å². The molecule has 0 spiro atoms. The minimum atomic E-state index is -0.908. The molecule has 1 aromatic carbocycles. The molecule has 0 heterocycles. The third kappa shape index (κ3) is 4.91. The molecule has 0 amide bonds. The number of benzene rings is 1. The lowest BCUT2D eigenvalue weighted by molar-refractivity contribution is -0.136. The molecule has 0 saturated carbocycles. The molecular formula is C12H12ClN3O2. The number of hydrogen-bond acceptors (Lipinski definition) is 2. The predicted octanol–water partition coefficient (Wildman–Crippen LogP) is 3.68. The molecule has 0 fully saturated rings. The predicted molar refractivity (Wildman–Crippen MR) is 70.5 cm³/mol. The van der Waals surface area contributed by atoms with Crippen molar-refractivity contribution in [2.24, 2.45) is 5.11 Å². The number of carbonyl (C=O) groups is 1. The molecule has 0 radical (unpaired) electrons. The molecule has 0 aliphatic rings. The van der Waals surface area contributed by atoms with Gasteiger partial charge in [-0.1, -0.05) is 41.0 Å². The van der Waals surface area contributed by atoms with Gasteiger partial charge in [0.05, 0.1) is 6.42 Å². The molecule has 0 unspecified atom stereocenters. The highest BCUT2D eigenvalue weighted by Crippen LogP contribution is 2.19. The number of carboxylic acid groups (broad SMARTS) is 1. The third-order valence-electron chi connectivity index (χ3n) is 2.19. The van der Waals surface area contributed by atoms with Gasteiger partial charge < -0.3 is 5.11 Å². The number of hydrogen-bond donors (Lipinski definition) is 1. The van der Waals surface area contributed by atoms with Crippen molar-refractivity contribution in [1.82, 2.24) is 0 Å². The van der Waals surface area contributed by atoms with Gasteiger partial charge in [0.2, 0.25) is 0 Å². The second kappa shape index (κ2) is 7.37. The van der Waals surface area contributed by atoms with E-state index in [1.807, 2.05) is 12.2 Å². The van der Waals surface area contributed by atoms with E-state index in [1.54, 1.807) is 18.2 Å². The quantitative estimate of drug-likeness (QED) is 0.368. The van der Waals surface area contributed by atoms with Crippen LogP contribution < -0.4 is 0 Å². The molecule has 1 N–H and O–H groups in total. The molecule has 0 aliphatic heterocycles. The highest BCUT2D eigenvalue weighted by Gasteiger charge is 2.05. The van der Waals surface area contributed by atoms with Gasteiger partial charge in [-0.25, -0.2) is 0 Å². The monoisotopic (exact) mass is 265 g/mol. The van der Waals surface area contributed by atoms with Gasteiger partial charge in [-0.2, -0.15) is 0 Å². The van der Waals surface area contributed by atoms with E-state index in [2.05, 4.69) is 10.0 Å². The van der Waals surface area contributed by atoms with Crippen LogP contribution in [0.2, 0.25) is 5.02 Å². The molecule has 0 saturated heterocycles. The van der Waals surface area contributed by atoms with Crippen LogP contribution in [-0.4, -0.2) is 17.6 Å². The molecule has 0 bridgehead atoms. The van der Waals surface area contributed by atoms with Crippen molar-refractivity contribution in [2.45, 2.75) is 12.8 Å². The smallest absolute Gasteiger partial charge is 0.307 e. The molecule has 0 atom stereocenters. The van der Waals surface area contributed by atoms with Crippen LogP contribution in [0.1, 0.15) is 17.5 Å². The lowest BCUT2D eigenvalue weighted by Crippen LogP contribution is -2.00. The molecular weight excluding hydrogens is 254 g/mol. The Bertz CT molecular complexity index is 508. The second-order valence-corrected chi connectivity index (χ2v) is 3.97. The standard InChI is InChI=1S/C12H12ClN3O2/c13-11-7-9(3-1-2-6-15-16-14)4-5-10(11)8-12(17)18/h1,3-5,7H,2,6,8H2,(H,17,18). The first-order chi connectivity index (χ1) is 8.63. The van der Waals surface area contributed by atoms with Crippen molar-refractivity contribution >= 4 is 23.6 Å². The zero-order valence-electron chi connectivity index (χ0n) is 9.58.